The number of piperazine rings is 1. The van der Waals surface area contributed by atoms with E-state index in [1.165, 1.54) is 32.1 Å². The Kier molecular flexibility index (Phi) is 6.08. The molecule has 0 aromatic carbocycles. The van der Waals surface area contributed by atoms with Gasteiger partial charge in [0.1, 0.15) is 0 Å². The largest absolute Gasteiger partial charge is 0.294 e. The summed E-state index contributed by atoms with van der Waals surface area (Å²) in [7, 11) is 0. The Hall–Kier alpha value is -0.900. The molecule has 4 heteroatoms. The molecule has 1 aliphatic rings. The Morgan fingerprint density at radius 2 is 1.56 bits per heavy atom. The second-order valence-electron chi connectivity index (χ2n) is 4.45. The van der Waals surface area contributed by atoms with E-state index in [-0.39, 0.29) is 11.8 Å². The quantitative estimate of drug-likeness (QED) is 0.526. The number of nitrogens with zero attached hydrogens (tertiary/aromatic N) is 1. The average Bonchev–Trinajstić information content (AvgIpc) is 2.22. The number of nitrogens with one attached hydrogen (secondary N) is 1. The zero-order valence-electron chi connectivity index (χ0n) is 10.1. The van der Waals surface area contributed by atoms with E-state index in [1.54, 1.807) is 0 Å². The van der Waals surface area contributed by atoms with Gasteiger partial charge < -0.3 is 0 Å². The monoisotopic (exact) mass is 226 g/mol. The van der Waals surface area contributed by atoms with Crippen molar-refractivity contribution >= 4 is 11.8 Å². The minimum Gasteiger partial charge on any atom is -0.294 e. The van der Waals surface area contributed by atoms with Crippen molar-refractivity contribution in [1.29, 1.82) is 0 Å². The molecular weight excluding hydrogens is 204 g/mol. The molecule has 2 amide bonds. The number of hydrogen-bond acceptors (Lipinski definition) is 3. The first-order valence-corrected chi connectivity index (χ1v) is 6.27. The van der Waals surface area contributed by atoms with E-state index in [1.807, 2.05) is 4.90 Å². The van der Waals surface area contributed by atoms with E-state index in [2.05, 4.69) is 12.2 Å². The Balaban J connectivity index is 2.04. The molecule has 0 aliphatic carbocycles. The molecular formula is C12H22N2O2. The van der Waals surface area contributed by atoms with Gasteiger partial charge in [-0.15, -0.1) is 0 Å². The van der Waals surface area contributed by atoms with Crippen molar-refractivity contribution in [2.45, 2.75) is 45.4 Å². The third kappa shape index (κ3) is 5.26. The van der Waals surface area contributed by atoms with Crippen molar-refractivity contribution in [2.75, 3.05) is 19.6 Å². The first-order valence-electron chi connectivity index (χ1n) is 6.27. The molecule has 92 valence electrons. The van der Waals surface area contributed by atoms with Crippen LogP contribution in [0.5, 0.6) is 0 Å². The average molecular weight is 226 g/mol. The molecule has 1 rings (SSSR count). The molecule has 4 nitrogen and oxygen atoms in total. The summed E-state index contributed by atoms with van der Waals surface area (Å²) in [6, 6.07) is 0. The zero-order valence-corrected chi connectivity index (χ0v) is 10.1. The standard InChI is InChI=1S/C12H22N2O2/c1-2-3-4-5-6-7-8-14-9-11(15)13-12(16)10-14/h2-10H2,1H3,(H,13,15,16). The fourth-order valence-corrected chi connectivity index (χ4v) is 1.97. The smallest absolute Gasteiger partial charge is 0.240 e. The van der Waals surface area contributed by atoms with Crippen LogP contribution in [0.1, 0.15) is 45.4 Å². The molecule has 1 heterocycles. The number of amides is 2. The van der Waals surface area contributed by atoms with Crippen LogP contribution in [0.2, 0.25) is 0 Å². The van der Waals surface area contributed by atoms with Gasteiger partial charge in [0.25, 0.3) is 0 Å². The molecule has 0 saturated carbocycles. The van der Waals surface area contributed by atoms with Crippen LogP contribution in [0.25, 0.3) is 0 Å². The normalized spacial score (nSPS) is 17.6. The first-order chi connectivity index (χ1) is 7.72. The first kappa shape index (κ1) is 13.2. The van der Waals surface area contributed by atoms with Gasteiger partial charge in [-0.2, -0.15) is 0 Å². The van der Waals surface area contributed by atoms with Crippen LogP contribution >= 0.6 is 0 Å². The molecule has 16 heavy (non-hydrogen) atoms. The van der Waals surface area contributed by atoms with Crippen LogP contribution in [0.3, 0.4) is 0 Å². The Labute approximate surface area is 97.4 Å². The fraction of sp³-hybridized carbons (Fsp3) is 0.833. The fourth-order valence-electron chi connectivity index (χ4n) is 1.97. The highest BCUT2D eigenvalue weighted by molar-refractivity contribution is 5.99. The van der Waals surface area contributed by atoms with Crippen LogP contribution in [-0.4, -0.2) is 36.3 Å². The van der Waals surface area contributed by atoms with E-state index in [9.17, 15) is 9.59 Å². The Morgan fingerprint density at radius 1 is 1.00 bits per heavy atom. The van der Waals surface area contributed by atoms with Gasteiger partial charge in [-0.3, -0.25) is 19.8 Å². The lowest BCUT2D eigenvalue weighted by molar-refractivity contribution is -0.136. The van der Waals surface area contributed by atoms with E-state index in [4.69, 9.17) is 0 Å². The lowest BCUT2D eigenvalue weighted by atomic mass is 10.1. The Bertz CT molecular complexity index is 225. The zero-order chi connectivity index (χ0) is 11.8. The highest BCUT2D eigenvalue weighted by atomic mass is 16.2. The van der Waals surface area contributed by atoms with Gasteiger partial charge in [0, 0.05) is 0 Å². The second-order valence-corrected chi connectivity index (χ2v) is 4.45. The molecule has 0 bridgehead atoms. The minimum absolute atomic E-state index is 0.165. The summed E-state index contributed by atoms with van der Waals surface area (Å²) in [4.78, 5) is 24.1. The summed E-state index contributed by atoms with van der Waals surface area (Å²) in [5.41, 5.74) is 0. The SMILES string of the molecule is CCCCCCCCN1CC(=O)NC(=O)C1. The van der Waals surface area contributed by atoms with Crippen molar-refractivity contribution in [3.63, 3.8) is 0 Å². The third-order valence-corrected chi connectivity index (χ3v) is 2.84. The summed E-state index contributed by atoms with van der Waals surface area (Å²) in [6.07, 6.45) is 7.43. The molecule has 1 aliphatic heterocycles. The summed E-state index contributed by atoms with van der Waals surface area (Å²) < 4.78 is 0. The van der Waals surface area contributed by atoms with Gasteiger partial charge in [0.15, 0.2) is 0 Å². The number of unbranched alkanes of at least 4 members (excludes halogenated alkanes) is 5. The van der Waals surface area contributed by atoms with Crippen LogP contribution < -0.4 is 5.32 Å². The van der Waals surface area contributed by atoms with Gasteiger partial charge in [-0.1, -0.05) is 39.0 Å². The van der Waals surface area contributed by atoms with E-state index in [0.29, 0.717) is 13.1 Å². The molecule has 1 saturated heterocycles. The Morgan fingerprint density at radius 3 is 2.19 bits per heavy atom. The van der Waals surface area contributed by atoms with Gasteiger partial charge in [0.05, 0.1) is 13.1 Å². The lowest BCUT2D eigenvalue weighted by Crippen LogP contribution is -2.51. The number of hydrogen-bond donors (Lipinski definition) is 1. The van der Waals surface area contributed by atoms with Gasteiger partial charge in [-0.05, 0) is 13.0 Å². The summed E-state index contributed by atoms with van der Waals surface area (Å²) in [6.45, 7) is 3.82. The molecule has 0 aromatic heterocycles. The van der Waals surface area contributed by atoms with E-state index < -0.39 is 0 Å². The second kappa shape index (κ2) is 7.39. The highest BCUT2D eigenvalue weighted by Gasteiger charge is 2.21. The van der Waals surface area contributed by atoms with Crippen molar-refractivity contribution < 1.29 is 9.59 Å². The number of rotatable bonds is 7. The summed E-state index contributed by atoms with van der Waals surface area (Å²) >= 11 is 0. The lowest BCUT2D eigenvalue weighted by Gasteiger charge is -2.24. The maximum absolute atomic E-state index is 11.1. The van der Waals surface area contributed by atoms with Crippen LogP contribution in [0.15, 0.2) is 0 Å². The van der Waals surface area contributed by atoms with Crippen LogP contribution in [0.4, 0.5) is 0 Å². The van der Waals surface area contributed by atoms with Crippen molar-refractivity contribution in [3.05, 3.63) is 0 Å². The highest BCUT2D eigenvalue weighted by Crippen LogP contribution is 2.06. The molecule has 1 N–H and O–H groups in total. The molecule has 1 fully saturated rings. The molecule has 0 atom stereocenters. The number of carbonyl (C=O) groups excluding carboxylic acids is 2. The summed E-state index contributed by atoms with van der Waals surface area (Å²) in [5.74, 6) is -0.329. The third-order valence-electron chi connectivity index (χ3n) is 2.84. The minimum atomic E-state index is -0.165. The van der Waals surface area contributed by atoms with Crippen LogP contribution in [-0.2, 0) is 9.59 Å². The number of carbonyl (C=O) groups is 2. The van der Waals surface area contributed by atoms with Crippen molar-refractivity contribution in [1.82, 2.24) is 10.2 Å². The van der Waals surface area contributed by atoms with E-state index in [0.717, 1.165) is 13.0 Å². The van der Waals surface area contributed by atoms with Crippen molar-refractivity contribution in [2.24, 2.45) is 0 Å². The molecule has 0 aromatic rings. The predicted octanol–water partition coefficient (Wildman–Crippen LogP) is 1.31. The van der Waals surface area contributed by atoms with Gasteiger partial charge >= 0.3 is 0 Å². The molecule has 0 unspecified atom stereocenters. The predicted molar refractivity (Wildman–Crippen MR) is 63.0 cm³/mol. The van der Waals surface area contributed by atoms with Crippen molar-refractivity contribution in [3.8, 4) is 0 Å². The molecule has 0 spiro atoms. The summed E-state index contributed by atoms with van der Waals surface area (Å²) in [5, 5.41) is 2.31. The maximum atomic E-state index is 11.1. The number of imide groups is 1. The topological polar surface area (TPSA) is 49.4 Å². The molecule has 0 radical (unpaired) electrons. The maximum Gasteiger partial charge on any atom is 0.240 e. The van der Waals surface area contributed by atoms with Gasteiger partial charge in [-0.25, -0.2) is 0 Å². The van der Waals surface area contributed by atoms with Crippen LogP contribution in [0, 0.1) is 0 Å². The van der Waals surface area contributed by atoms with Gasteiger partial charge in [0.2, 0.25) is 11.8 Å². The van der Waals surface area contributed by atoms with E-state index >= 15 is 0 Å².